The molecule has 0 saturated carbocycles. The first kappa shape index (κ1) is 21.1. The molecule has 0 radical (unpaired) electrons. The molecule has 1 aromatic rings. The molecule has 1 saturated heterocycles. The Morgan fingerprint density at radius 1 is 1.23 bits per heavy atom. The topological polar surface area (TPSA) is 58.1 Å². The number of likely N-dealkylation sites (tertiary alicyclic amines) is 1. The van der Waals surface area contributed by atoms with Crippen molar-refractivity contribution >= 4 is 29.9 Å². The van der Waals surface area contributed by atoms with Gasteiger partial charge in [0.15, 0.2) is 17.5 Å². The first-order chi connectivity index (χ1) is 12.3. The van der Waals surface area contributed by atoms with Crippen molar-refractivity contribution in [3.8, 4) is 11.5 Å². The van der Waals surface area contributed by atoms with Crippen LogP contribution < -0.4 is 20.1 Å². The highest BCUT2D eigenvalue weighted by Gasteiger charge is 2.22. The van der Waals surface area contributed by atoms with Crippen LogP contribution in [0.5, 0.6) is 11.5 Å². The van der Waals surface area contributed by atoms with E-state index in [1.54, 1.807) is 0 Å². The fourth-order valence-electron chi connectivity index (χ4n) is 3.48. The lowest BCUT2D eigenvalue weighted by atomic mass is 10.1. The number of aliphatic imine (C=N–C) groups is 1. The average molecular weight is 474 g/mol. The van der Waals surface area contributed by atoms with E-state index in [1.807, 2.05) is 6.07 Å². The summed E-state index contributed by atoms with van der Waals surface area (Å²) in [5.41, 5.74) is 1.24. The van der Waals surface area contributed by atoms with E-state index >= 15 is 0 Å². The van der Waals surface area contributed by atoms with Gasteiger partial charge in [0, 0.05) is 19.1 Å². The summed E-state index contributed by atoms with van der Waals surface area (Å²) in [5, 5.41) is 6.79. The van der Waals surface area contributed by atoms with E-state index in [9.17, 15) is 0 Å². The molecular weight excluding hydrogens is 443 g/mol. The highest BCUT2D eigenvalue weighted by atomic mass is 127. The van der Waals surface area contributed by atoms with Crippen molar-refractivity contribution < 1.29 is 9.47 Å². The molecule has 26 heavy (non-hydrogen) atoms. The number of hydrogen-bond donors (Lipinski definition) is 2. The summed E-state index contributed by atoms with van der Waals surface area (Å²) >= 11 is 0. The molecule has 2 N–H and O–H groups in total. The third-order valence-corrected chi connectivity index (χ3v) is 4.85. The van der Waals surface area contributed by atoms with Crippen molar-refractivity contribution in [1.82, 2.24) is 15.5 Å². The third-order valence-electron chi connectivity index (χ3n) is 4.85. The van der Waals surface area contributed by atoms with Crippen LogP contribution >= 0.6 is 24.0 Å². The van der Waals surface area contributed by atoms with E-state index in [0.29, 0.717) is 12.8 Å². The molecule has 1 aromatic carbocycles. The lowest BCUT2D eigenvalue weighted by Crippen LogP contribution is -2.40. The normalized spacial score (nSPS) is 19.3. The van der Waals surface area contributed by atoms with E-state index in [-0.39, 0.29) is 24.0 Å². The standard InChI is InChI=1S/C19H30N4O2.HI/c1-3-20-19(22-13-16-6-5-11-23(16)4-2)21-10-9-15-7-8-17-18(12-15)25-14-24-17;/h7-8,12,16H,3-6,9-11,13-14H2,1-2H3,(H2,20,21,22);1H. The molecule has 0 aromatic heterocycles. The van der Waals surface area contributed by atoms with E-state index in [2.05, 4.69) is 41.5 Å². The number of rotatable bonds is 7. The minimum atomic E-state index is 0. The molecule has 0 aliphatic carbocycles. The molecule has 6 nitrogen and oxygen atoms in total. The van der Waals surface area contributed by atoms with Gasteiger partial charge in [0.05, 0.1) is 6.54 Å². The van der Waals surface area contributed by atoms with E-state index in [0.717, 1.165) is 50.1 Å². The van der Waals surface area contributed by atoms with Gasteiger partial charge in [-0.05, 0) is 57.0 Å². The van der Waals surface area contributed by atoms with Crippen LogP contribution in [0.15, 0.2) is 23.2 Å². The van der Waals surface area contributed by atoms with Crippen LogP contribution in [0, 0.1) is 0 Å². The number of benzene rings is 1. The van der Waals surface area contributed by atoms with Gasteiger partial charge in [-0.15, -0.1) is 24.0 Å². The summed E-state index contributed by atoms with van der Waals surface area (Å²) in [4.78, 5) is 7.32. The predicted octanol–water partition coefficient (Wildman–Crippen LogP) is 2.62. The fourth-order valence-corrected chi connectivity index (χ4v) is 3.48. The highest BCUT2D eigenvalue weighted by Crippen LogP contribution is 2.32. The van der Waals surface area contributed by atoms with Crippen LogP contribution in [0.1, 0.15) is 32.3 Å². The van der Waals surface area contributed by atoms with Gasteiger partial charge in [0.25, 0.3) is 0 Å². The second kappa shape index (κ2) is 10.8. The summed E-state index contributed by atoms with van der Waals surface area (Å²) in [6, 6.07) is 6.73. The molecule has 0 amide bonds. The molecule has 7 heteroatoms. The van der Waals surface area contributed by atoms with E-state index in [1.165, 1.54) is 24.9 Å². The van der Waals surface area contributed by atoms with Crippen LogP contribution in [0.2, 0.25) is 0 Å². The quantitative estimate of drug-likeness (QED) is 0.362. The Hall–Kier alpha value is -1.22. The second-order valence-corrected chi connectivity index (χ2v) is 6.51. The molecule has 2 aliphatic heterocycles. The highest BCUT2D eigenvalue weighted by molar-refractivity contribution is 14.0. The van der Waals surface area contributed by atoms with Gasteiger partial charge in [-0.3, -0.25) is 9.89 Å². The Balaban J connectivity index is 0.00000243. The number of guanidine groups is 1. The fraction of sp³-hybridized carbons (Fsp3) is 0.632. The Bertz CT molecular complexity index is 597. The maximum absolute atomic E-state index is 5.44. The zero-order chi connectivity index (χ0) is 17.5. The number of fused-ring (bicyclic) bond motifs is 1. The molecule has 0 spiro atoms. The predicted molar refractivity (Wildman–Crippen MR) is 116 cm³/mol. The number of nitrogens with zero attached hydrogens (tertiary/aromatic N) is 2. The van der Waals surface area contributed by atoms with Gasteiger partial charge in [-0.25, -0.2) is 0 Å². The van der Waals surface area contributed by atoms with Gasteiger partial charge < -0.3 is 20.1 Å². The van der Waals surface area contributed by atoms with Crippen molar-refractivity contribution in [1.29, 1.82) is 0 Å². The zero-order valence-corrected chi connectivity index (χ0v) is 18.1. The Morgan fingerprint density at radius 2 is 2.08 bits per heavy atom. The minimum Gasteiger partial charge on any atom is -0.454 e. The molecule has 0 bridgehead atoms. The van der Waals surface area contributed by atoms with Gasteiger partial charge in [0.1, 0.15) is 0 Å². The summed E-state index contributed by atoms with van der Waals surface area (Å²) in [5.74, 6) is 2.59. The Labute approximate surface area is 173 Å². The zero-order valence-electron chi connectivity index (χ0n) is 15.8. The van der Waals surface area contributed by atoms with E-state index in [4.69, 9.17) is 14.5 Å². The third kappa shape index (κ3) is 5.64. The molecule has 3 rings (SSSR count). The first-order valence-corrected chi connectivity index (χ1v) is 9.45. The maximum Gasteiger partial charge on any atom is 0.231 e. The Kier molecular flexibility index (Phi) is 8.77. The van der Waals surface area contributed by atoms with Crippen LogP contribution in [0.4, 0.5) is 0 Å². The number of likely N-dealkylation sites (N-methyl/N-ethyl adjacent to an activating group) is 1. The van der Waals surface area contributed by atoms with E-state index < -0.39 is 0 Å². The Morgan fingerprint density at radius 3 is 2.88 bits per heavy atom. The van der Waals surface area contributed by atoms with Crippen molar-refractivity contribution in [3.63, 3.8) is 0 Å². The molecule has 1 unspecified atom stereocenters. The van der Waals surface area contributed by atoms with Crippen molar-refractivity contribution in [3.05, 3.63) is 23.8 Å². The summed E-state index contributed by atoms with van der Waals surface area (Å²) in [7, 11) is 0. The van der Waals surface area contributed by atoms with Crippen LogP contribution in [-0.4, -0.2) is 56.4 Å². The molecule has 146 valence electrons. The maximum atomic E-state index is 5.44. The van der Waals surface area contributed by atoms with Gasteiger partial charge in [-0.2, -0.15) is 0 Å². The number of halogens is 1. The average Bonchev–Trinajstić information content (AvgIpc) is 3.27. The number of nitrogens with one attached hydrogen (secondary N) is 2. The van der Waals surface area contributed by atoms with Gasteiger partial charge in [-0.1, -0.05) is 13.0 Å². The lowest BCUT2D eigenvalue weighted by molar-refractivity contribution is 0.174. The smallest absolute Gasteiger partial charge is 0.231 e. The monoisotopic (exact) mass is 474 g/mol. The SMILES string of the molecule is CCNC(=NCC1CCCN1CC)NCCc1ccc2c(c1)OCO2.I. The largest absolute Gasteiger partial charge is 0.454 e. The van der Waals surface area contributed by atoms with Crippen molar-refractivity contribution in [2.24, 2.45) is 4.99 Å². The van der Waals surface area contributed by atoms with Crippen LogP contribution in [0.3, 0.4) is 0 Å². The summed E-state index contributed by atoms with van der Waals surface area (Å²) in [6.45, 7) is 9.57. The van der Waals surface area contributed by atoms with Gasteiger partial charge in [0.2, 0.25) is 6.79 Å². The summed E-state index contributed by atoms with van der Waals surface area (Å²) in [6.07, 6.45) is 3.47. The molecule has 2 aliphatic rings. The van der Waals surface area contributed by atoms with Crippen molar-refractivity contribution in [2.75, 3.05) is 39.5 Å². The second-order valence-electron chi connectivity index (χ2n) is 6.51. The molecule has 1 atom stereocenters. The van der Waals surface area contributed by atoms with Crippen LogP contribution in [0.25, 0.3) is 0 Å². The molecule has 1 fully saturated rings. The lowest BCUT2D eigenvalue weighted by Gasteiger charge is -2.21. The number of hydrogen-bond acceptors (Lipinski definition) is 4. The van der Waals surface area contributed by atoms with Crippen LogP contribution in [-0.2, 0) is 6.42 Å². The number of ether oxygens (including phenoxy) is 2. The summed E-state index contributed by atoms with van der Waals surface area (Å²) < 4.78 is 10.8. The van der Waals surface area contributed by atoms with Crippen molar-refractivity contribution in [2.45, 2.75) is 39.2 Å². The first-order valence-electron chi connectivity index (χ1n) is 9.45. The minimum absolute atomic E-state index is 0. The molecular formula is C19H31IN4O2. The van der Waals surface area contributed by atoms with Gasteiger partial charge >= 0.3 is 0 Å². The molecule has 2 heterocycles.